The summed E-state index contributed by atoms with van der Waals surface area (Å²) in [5.74, 6) is 0.835. The highest BCUT2D eigenvalue weighted by atomic mass is 32.2. The van der Waals surface area contributed by atoms with Crippen LogP contribution in [0.25, 0.3) is 5.69 Å². The van der Waals surface area contributed by atoms with E-state index in [1.807, 2.05) is 42.6 Å². The summed E-state index contributed by atoms with van der Waals surface area (Å²) in [5.41, 5.74) is 1.92. The number of thiophene rings is 1. The van der Waals surface area contributed by atoms with Crippen molar-refractivity contribution >= 4 is 29.0 Å². The second kappa shape index (κ2) is 8.13. The number of methoxy groups -OCH3 is 1. The number of hydrogen-bond donors (Lipinski definition) is 1. The molecule has 0 radical (unpaired) electrons. The number of hydrogen-bond acceptors (Lipinski definition) is 7. The molecule has 0 saturated heterocycles. The first-order valence-corrected chi connectivity index (χ1v) is 9.40. The molecule has 0 unspecified atom stereocenters. The molecule has 3 rings (SSSR count). The average Bonchev–Trinajstić information content (AvgIpc) is 3.26. The smallest absolute Gasteiger partial charge is 0.230 e. The minimum absolute atomic E-state index is 0.0626. The summed E-state index contributed by atoms with van der Waals surface area (Å²) in [6, 6.07) is 9.49. The zero-order valence-electron chi connectivity index (χ0n) is 13.8. The zero-order valence-corrected chi connectivity index (χ0v) is 15.4. The van der Waals surface area contributed by atoms with Gasteiger partial charge in [0.1, 0.15) is 11.4 Å². The zero-order chi connectivity index (χ0) is 17.6. The largest absolute Gasteiger partial charge is 0.494 e. The summed E-state index contributed by atoms with van der Waals surface area (Å²) >= 11 is 2.92. The first-order valence-electron chi connectivity index (χ1n) is 7.53. The van der Waals surface area contributed by atoms with Crippen LogP contribution in [0.1, 0.15) is 10.4 Å². The molecule has 7 nitrogen and oxygen atoms in total. The third-order valence-electron chi connectivity index (χ3n) is 3.50. The fourth-order valence-electron chi connectivity index (χ4n) is 2.17. The Labute approximate surface area is 153 Å². The van der Waals surface area contributed by atoms with Gasteiger partial charge in [-0.05, 0) is 46.5 Å². The molecular formula is C16H17N5O2S2. The third kappa shape index (κ3) is 4.18. The van der Waals surface area contributed by atoms with Crippen molar-refractivity contribution in [2.45, 2.75) is 18.6 Å². The van der Waals surface area contributed by atoms with Crippen LogP contribution < -0.4 is 10.1 Å². The molecule has 0 fully saturated rings. The SMILES string of the molecule is COc1ccccc1-n1nnnc1SCC(=O)NCc1sccc1C. The number of benzene rings is 1. The number of tetrazole rings is 1. The van der Waals surface area contributed by atoms with Gasteiger partial charge in [-0.15, -0.1) is 16.4 Å². The standard InChI is InChI=1S/C16H17N5O2S2/c1-11-7-8-24-14(11)9-17-15(22)10-25-16-18-19-20-21(16)12-5-3-4-6-13(12)23-2/h3-8H,9-10H2,1-2H3,(H,17,22). The monoisotopic (exact) mass is 375 g/mol. The maximum absolute atomic E-state index is 12.1. The third-order valence-corrected chi connectivity index (χ3v) is 5.44. The Balaban J connectivity index is 1.62. The van der Waals surface area contributed by atoms with Gasteiger partial charge in [0.2, 0.25) is 11.1 Å². The van der Waals surface area contributed by atoms with E-state index in [-0.39, 0.29) is 11.7 Å². The second-order valence-corrected chi connectivity index (χ2v) is 7.08. The number of carbonyl (C=O) groups excluding carboxylic acids is 1. The normalized spacial score (nSPS) is 10.6. The lowest BCUT2D eigenvalue weighted by molar-refractivity contribution is -0.118. The molecule has 0 bridgehead atoms. The number of aryl methyl sites for hydroxylation is 1. The van der Waals surface area contributed by atoms with Gasteiger partial charge < -0.3 is 10.1 Å². The van der Waals surface area contributed by atoms with Gasteiger partial charge in [0, 0.05) is 4.88 Å². The molecule has 0 saturated carbocycles. The predicted octanol–water partition coefficient (Wildman–Crippen LogP) is 2.45. The van der Waals surface area contributed by atoms with Crippen molar-refractivity contribution in [1.82, 2.24) is 25.5 Å². The quantitative estimate of drug-likeness (QED) is 0.639. The molecule has 1 N–H and O–H groups in total. The Kier molecular flexibility index (Phi) is 5.67. The van der Waals surface area contributed by atoms with Crippen LogP contribution in [-0.4, -0.2) is 39.0 Å². The Bertz CT molecular complexity index is 862. The number of thioether (sulfide) groups is 1. The lowest BCUT2D eigenvalue weighted by Crippen LogP contribution is -2.24. The molecule has 2 heterocycles. The maximum atomic E-state index is 12.1. The molecule has 0 aliphatic rings. The van der Waals surface area contributed by atoms with Gasteiger partial charge in [-0.1, -0.05) is 23.9 Å². The fourth-order valence-corrected chi connectivity index (χ4v) is 3.73. The molecule has 130 valence electrons. The van der Waals surface area contributed by atoms with E-state index in [0.717, 1.165) is 10.6 Å². The molecule has 0 spiro atoms. The van der Waals surface area contributed by atoms with Gasteiger partial charge in [-0.25, -0.2) is 0 Å². The highest BCUT2D eigenvalue weighted by Crippen LogP contribution is 2.25. The Hall–Kier alpha value is -2.39. The molecule has 0 aliphatic heterocycles. The van der Waals surface area contributed by atoms with E-state index in [9.17, 15) is 4.79 Å². The molecular weight excluding hydrogens is 358 g/mol. The highest BCUT2D eigenvalue weighted by Gasteiger charge is 2.14. The molecule has 2 aromatic heterocycles. The van der Waals surface area contributed by atoms with Crippen molar-refractivity contribution in [1.29, 1.82) is 0 Å². The van der Waals surface area contributed by atoms with Gasteiger partial charge in [0.15, 0.2) is 0 Å². The fraction of sp³-hybridized carbons (Fsp3) is 0.250. The molecule has 0 atom stereocenters. The molecule has 3 aromatic rings. The van der Waals surface area contributed by atoms with Crippen LogP contribution in [0.15, 0.2) is 40.9 Å². The topological polar surface area (TPSA) is 81.9 Å². The summed E-state index contributed by atoms with van der Waals surface area (Å²) in [4.78, 5) is 13.2. The number of ether oxygens (including phenoxy) is 1. The van der Waals surface area contributed by atoms with Gasteiger partial charge in [-0.2, -0.15) is 4.68 Å². The molecule has 1 amide bonds. The Morgan fingerprint density at radius 3 is 2.96 bits per heavy atom. The van der Waals surface area contributed by atoms with E-state index in [1.54, 1.807) is 23.1 Å². The lowest BCUT2D eigenvalue weighted by Gasteiger charge is -2.09. The van der Waals surface area contributed by atoms with Crippen LogP contribution in [0.3, 0.4) is 0 Å². The number of para-hydroxylation sites is 2. The van der Waals surface area contributed by atoms with Crippen LogP contribution in [-0.2, 0) is 11.3 Å². The Morgan fingerprint density at radius 2 is 2.20 bits per heavy atom. The predicted molar refractivity (Wildman–Crippen MR) is 97.3 cm³/mol. The van der Waals surface area contributed by atoms with E-state index in [0.29, 0.717) is 17.5 Å². The molecule has 9 heteroatoms. The van der Waals surface area contributed by atoms with Gasteiger partial charge in [0.25, 0.3) is 0 Å². The second-order valence-electron chi connectivity index (χ2n) is 5.14. The summed E-state index contributed by atoms with van der Waals surface area (Å²) in [7, 11) is 1.59. The lowest BCUT2D eigenvalue weighted by atomic mass is 10.3. The molecule has 25 heavy (non-hydrogen) atoms. The minimum Gasteiger partial charge on any atom is -0.494 e. The summed E-state index contributed by atoms with van der Waals surface area (Å²) in [6.07, 6.45) is 0. The number of nitrogens with one attached hydrogen (secondary N) is 1. The van der Waals surface area contributed by atoms with E-state index >= 15 is 0 Å². The average molecular weight is 375 g/mol. The summed E-state index contributed by atoms with van der Waals surface area (Å²) in [5, 5.41) is 17.2. The van der Waals surface area contributed by atoms with Crippen molar-refractivity contribution in [3.63, 3.8) is 0 Å². The van der Waals surface area contributed by atoms with Crippen molar-refractivity contribution in [3.8, 4) is 11.4 Å². The number of carbonyl (C=O) groups is 1. The van der Waals surface area contributed by atoms with Crippen molar-refractivity contribution in [3.05, 3.63) is 46.2 Å². The molecule has 0 aliphatic carbocycles. The Morgan fingerprint density at radius 1 is 1.36 bits per heavy atom. The first-order chi connectivity index (χ1) is 12.2. The maximum Gasteiger partial charge on any atom is 0.230 e. The first kappa shape index (κ1) is 17.4. The highest BCUT2D eigenvalue weighted by molar-refractivity contribution is 7.99. The summed E-state index contributed by atoms with van der Waals surface area (Å²) < 4.78 is 6.91. The van der Waals surface area contributed by atoms with Crippen molar-refractivity contribution in [2.75, 3.05) is 12.9 Å². The number of amides is 1. The van der Waals surface area contributed by atoms with E-state index < -0.39 is 0 Å². The van der Waals surface area contributed by atoms with Gasteiger partial charge in [-0.3, -0.25) is 4.79 Å². The van der Waals surface area contributed by atoms with Gasteiger partial charge >= 0.3 is 0 Å². The van der Waals surface area contributed by atoms with Crippen LogP contribution >= 0.6 is 23.1 Å². The molecule has 1 aromatic carbocycles. The van der Waals surface area contributed by atoms with E-state index in [1.165, 1.54) is 17.3 Å². The summed E-state index contributed by atoms with van der Waals surface area (Å²) in [6.45, 7) is 2.58. The minimum atomic E-state index is -0.0626. The van der Waals surface area contributed by atoms with Crippen molar-refractivity contribution < 1.29 is 9.53 Å². The van der Waals surface area contributed by atoms with E-state index in [2.05, 4.69) is 20.8 Å². The van der Waals surface area contributed by atoms with Crippen LogP contribution in [0.5, 0.6) is 5.75 Å². The number of nitrogens with zero attached hydrogens (tertiary/aromatic N) is 4. The van der Waals surface area contributed by atoms with Crippen LogP contribution in [0.4, 0.5) is 0 Å². The number of aromatic nitrogens is 4. The van der Waals surface area contributed by atoms with Crippen LogP contribution in [0.2, 0.25) is 0 Å². The van der Waals surface area contributed by atoms with Crippen LogP contribution in [0, 0.1) is 6.92 Å². The van der Waals surface area contributed by atoms with Gasteiger partial charge in [0.05, 0.1) is 19.4 Å². The number of rotatable bonds is 7. The van der Waals surface area contributed by atoms with E-state index in [4.69, 9.17) is 4.74 Å². The van der Waals surface area contributed by atoms with Crippen molar-refractivity contribution in [2.24, 2.45) is 0 Å².